The molecule has 5 heavy (non-hydrogen) atoms. The van der Waals surface area contributed by atoms with Gasteiger partial charge in [-0.3, -0.25) is 4.79 Å². The summed E-state index contributed by atoms with van der Waals surface area (Å²) in [5, 5.41) is 0. The van der Waals surface area contributed by atoms with Crippen LogP contribution in [0.3, 0.4) is 0 Å². The van der Waals surface area contributed by atoms with Crippen LogP contribution in [0.5, 0.6) is 0 Å². The monoisotopic (exact) mass is 101 g/mol. The van der Waals surface area contributed by atoms with Crippen molar-refractivity contribution in [2.45, 2.75) is 6.92 Å². The van der Waals surface area contributed by atoms with Crippen LogP contribution < -0.4 is 5.73 Å². The average Bonchev–Trinajstić information content (AvgIpc) is 0.811. The molecular formula is C2H7CaNO. The molecule has 0 atom stereocenters. The van der Waals surface area contributed by atoms with Gasteiger partial charge in [-0.1, -0.05) is 0 Å². The Morgan fingerprint density at radius 2 is 2.00 bits per heavy atom. The zero-order valence-corrected chi connectivity index (χ0v) is 5.40. The summed E-state index contributed by atoms with van der Waals surface area (Å²) in [4.78, 5) is 9.22. The maximum Gasteiger partial charge on any atom is 2.00 e. The summed E-state index contributed by atoms with van der Waals surface area (Å²) in [6, 6.07) is 0. The smallest absolute Gasteiger partial charge is 1.00 e. The quantitative estimate of drug-likeness (QED) is 0.404. The Hall–Kier alpha value is 0.730. The predicted octanol–water partition coefficient (Wildman–Crippen LogP) is -0.664. The average molecular weight is 101 g/mol. The van der Waals surface area contributed by atoms with Gasteiger partial charge in [0.2, 0.25) is 5.91 Å². The number of rotatable bonds is 0. The summed E-state index contributed by atoms with van der Waals surface area (Å²) < 4.78 is 0. The summed E-state index contributed by atoms with van der Waals surface area (Å²) in [5.74, 6) is -0.333. The molecule has 2 nitrogen and oxygen atoms in total. The van der Waals surface area contributed by atoms with E-state index < -0.39 is 0 Å². The minimum atomic E-state index is -0.333. The topological polar surface area (TPSA) is 43.1 Å². The Labute approximate surface area is 63.7 Å². The van der Waals surface area contributed by atoms with Gasteiger partial charge in [-0.15, -0.1) is 0 Å². The standard InChI is InChI=1S/C2H5NO.Ca.2H/c1-2(3)4;;;/h1H3,(H2,3,4);;;/q;+2;2*-1. The second-order valence-electron chi connectivity index (χ2n) is 0.611. The van der Waals surface area contributed by atoms with Crippen LogP contribution in [0.2, 0.25) is 0 Å². The fourth-order valence-corrected chi connectivity index (χ4v) is 0. The van der Waals surface area contributed by atoms with Gasteiger partial charge in [0.05, 0.1) is 0 Å². The second-order valence-corrected chi connectivity index (χ2v) is 0.611. The molecule has 0 aromatic heterocycles. The molecule has 3 heteroatoms. The fraction of sp³-hybridized carbons (Fsp3) is 0.500. The van der Waals surface area contributed by atoms with Gasteiger partial charge in [0.15, 0.2) is 0 Å². The van der Waals surface area contributed by atoms with Gasteiger partial charge in [-0.25, -0.2) is 0 Å². The molecule has 0 unspecified atom stereocenters. The molecule has 28 valence electrons. The van der Waals surface area contributed by atoms with E-state index in [0.717, 1.165) is 0 Å². The van der Waals surface area contributed by atoms with E-state index in [9.17, 15) is 4.79 Å². The molecule has 0 fully saturated rings. The predicted molar refractivity (Wildman–Crippen MR) is 22.8 cm³/mol. The fourth-order valence-electron chi connectivity index (χ4n) is 0. The Morgan fingerprint density at radius 3 is 2.00 bits per heavy atom. The second kappa shape index (κ2) is 4.73. The van der Waals surface area contributed by atoms with E-state index in [0.29, 0.717) is 0 Å². The molecule has 0 saturated heterocycles. The van der Waals surface area contributed by atoms with Crippen molar-refractivity contribution in [3.63, 3.8) is 0 Å². The number of carbonyl (C=O) groups excluding carboxylic acids is 1. The SMILES string of the molecule is CC(N)=O.[Ca+2].[H-].[H-]. The van der Waals surface area contributed by atoms with Crippen LogP contribution >= 0.6 is 0 Å². The van der Waals surface area contributed by atoms with Gasteiger partial charge in [-0.2, -0.15) is 0 Å². The number of carbonyl (C=O) groups is 1. The van der Waals surface area contributed by atoms with Crippen molar-refractivity contribution in [1.29, 1.82) is 0 Å². The zero-order valence-electron chi connectivity index (χ0n) is 5.19. The molecule has 1 amide bonds. The summed E-state index contributed by atoms with van der Waals surface area (Å²) in [7, 11) is 0. The number of amides is 1. The van der Waals surface area contributed by atoms with Crippen LogP contribution in [0.4, 0.5) is 0 Å². The van der Waals surface area contributed by atoms with Crippen LogP contribution in [-0.2, 0) is 4.79 Å². The molecule has 0 spiro atoms. The van der Waals surface area contributed by atoms with Gasteiger partial charge in [0.1, 0.15) is 0 Å². The van der Waals surface area contributed by atoms with Gasteiger partial charge in [-0.05, 0) is 0 Å². The van der Waals surface area contributed by atoms with E-state index in [1.807, 2.05) is 0 Å². The van der Waals surface area contributed by atoms with Crippen molar-refractivity contribution in [3.8, 4) is 0 Å². The largest absolute Gasteiger partial charge is 2.00 e. The zero-order chi connectivity index (χ0) is 3.58. The van der Waals surface area contributed by atoms with Crippen LogP contribution in [0.25, 0.3) is 0 Å². The van der Waals surface area contributed by atoms with E-state index in [4.69, 9.17) is 0 Å². The molecule has 0 aromatic carbocycles. The van der Waals surface area contributed by atoms with E-state index in [1.165, 1.54) is 6.92 Å². The molecule has 0 aromatic rings. The molecule has 0 radical (unpaired) electrons. The third kappa shape index (κ3) is 66.2. The summed E-state index contributed by atoms with van der Waals surface area (Å²) in [5.41, 5.74) is 4.47. The first-order chi connectivity index (χ1) is 1.73. The first kappa shape index (κ1) is 9.21. The molecule has 0 rings (SSSR count). The van der Waals surface area contributed by atoms with Crippen molar-refractivity contribution in [2.24, 2.45) is 5.73 Å². The summed E-state index contributed by atoms with van der Waals surface area (Å²) in [6.45, 7) is 1.31. The Balaban J connectivity index is -0.0000000150. The van der Waals surface area contributed by atoms with Crippen LogP contribution in [-0.4, -0.2) is 43.6 Å². The molecule has 0 aliphatic rings. The van der Waals surface area contributed by atoms with Gasteiger partial charge < -0.3 is 8.59 Å². The minimum Gasteiger partial charge on any atom is -1.00 e. The first-order valence-corrected chi connectivity index (χ1v) is 0.993. The van der Waals surface area contributed by atoms with Crippen LogP contribution in [0.1, 0.15) is 9.78 Å². The number of primary amides is 1. The van der Waals surface area contributed by atoms with Gasteiger partial charge >= 0.3 is 37.7 Å². The van der Waals surface area contributed by atoms with Crippen molar-refractivity contribution >= 4 is 43.6 Å². The number of nitrogens with two attached hydrogens (primary N) is 1. The summed E-state index contributed by atoms with van der Waals surface area (Å²) >= 11 is 0. The molecule has 0 bridgehead atoms. The molecular weight excluding hydrogens is 94.1 g/mol. The van der Waals surface area contributed by atoms with Crippen molar-refractivity contribution in [1.82, 2.24) is 0 Å². The van der Waals surface area contributed by atoms with Crippen molar-refractivity contribution in [2.75, 3.05) is 0 Å². The molecule has 0 heterocycles. The van der Waals surface area contributed by atoms with Gasteiger partial charge in [0.25, 0.3) is 0 Å². The number of hydrogen-bond acceptors (Lipinski definition) is 1. The Bertz CT molecular complexity index is 38.7. The maximum absolute atomic E-state index is 9.22. The number of hydrogen-bond donors (Lipinski definition) is 1. The van der Waals surface area contributed by atoms with Crippen molar-refractivity contribution < 1.29 is 7.65 Å². The van der Waals surface area contributed by atoms with Crippen LogP contribution in [0.15, 0.2) is 0 Å². The van der Waals surface area contributed by atoms with E-state index in [-0.39, 0.29) is 46.5 Å². The minimum absolute atomic E-state index is 0. The van der Waals surface area contributed by atoms with E-state index >= 15 is 0 Å². The van der Waals surface area contributed by atoms with Crippen LogP contribution in [0, 0.1) is 0 Å². The molecule has 0 aliphatic heterocycles. The van der Waals surface area contributed by atoms with E-state index in [2.05, 4.69) is 5.73 Å². The van der Waals surface area contributed by atoms with Crippen molar-refractivity contribution in [3.05, 3.63) is 0 Å². The summed E-state index contributed by atoms with van der Waals surface area (Å²) in [6.07, 6.45) is 0. The third-order valence-electron chi connectivity index (χ3n) is 0. The molecule has 0 aliphatic carbocycles. The van der Waals surface area contributed by atoms with E-state index in [1.54, 1.807) is 0 Å². The normalized spacial score (nSPS) is 5.00. The van der Waals surface area contributed by atoms with Gasteiger partial charge in [0, 0.05) is 6.92 Å². The Kier molecular flexibility index (Phi) is 8.72. The maximum atomic E-state index is 9.22. The molecule has 2 N–H and O–H groups in total. The Morgan fingerprint density at radius 1 is 2.00 bits per heavy atom. The molecule has 0 saturated carbocycles. The third-order valence-corrected chi connectivity index (χ3v) is 0. The first-order valence-electron chi connectivity index (χ1n) is 0.993.